The molecule has 0 radical (unpaired) electrons. The molecule has 3 aliphatic rings. The Kier molecular flexibility index (Phi) is 12.2. The number of ether oxygens (including phenoxy) is 3. The molecule has 2 saturated heterocycles. The smallest absolute Gasteiger partial charge is 0.410 e. The van der Waals surface area contributed by atoms with Crippen molar-refractivity contribution < 1.29 is 45.3 Å². The molecular weight excluding hydrogens is 820 g/mol. The molecule has 1 aromatic heterocycles. The van der Waals surface area contributed by atoms with Crippen LogP contribution in [-0.4, -0.2) is 102 Å². The van der Waals surface area contributed by atoms with E-state index in [0.717, 1.165) is 22.0 Å². The first-order valence-electron chi connectivity index (χ1n) is 19.7. The summed E-state index contributed by atoms with van der Waals surface area (Å²) < 4.78 is 90.0. The largest absolute Gasteiger partial charge is 0.453 e. The van der Waals surface area contributed by atoms with Crippen LogP contribution in [0.4, 0.5) is 14.9 Å². The molecule has 1 spiro atoms. The summed E-state index contributed by atoms with van der Waals surface area (Å²) in [5.41, 5.74) is -1.92. The van der Waals surface area contributed by atoms with Gasteiger partial charge in [0.25, 0.3) is 5.56 Å². The van der Waals surface area contributed by atoms with Crippen molar-refractivity contribution in [2.75, 3.05) is 43.8 Å². The second-order valence-electron chi connectivity index (χ2n) is 15.8. The molecule has 19 heteroatoms. The van der Waals surface area contributed by atoms with Crippen molar-refractivity contribution >= 4 is 42.7 Å². The van der Waals surface area contributed by atoms with E-state index in [2.05, 4.69) is 9.71 Å². The van der Waals surface area contributed by atoms with Crippen LogP contribution in [0.3, 0.4) is 0 Å². The lowest BCUT2D eigenvalue weighted by Crippen LogP contribution is -2.51. The maximum Gasteiger partial charge on any atom is 0.410 e. The zero-order valence-electron chi connectivity index (χ0n) is 33.2. The van der Waals surface area contributed by atoms with Crippen LogP contribution in [0.2, 0.25) is 0 Å². The monoisotopic (exact) mass is 866 g/mol. The maximum absolute atomic E-state index is 15.1. The van der Waals surface area contributed by atoms with Crippen LogP contribution in [0.5, 0.6) is 11.5 Å². The van der Waals surface area contributed by atoms with Crippen LogP contribution in [-0.2, 0) is 36.1 Å². The molecular formula is C41H47FN6O10S2. The molecule has 7 rings (SSSR count). The highest BCUT2D eigenvalue weighted by Gasteiger charge is 2.48. The predicted molar refractivity (Wildman–Crippen MR) is 219 cm³/mol. The second kappa shape index (κ2) is 17.1. The van der Waals surface area contributed by atoms with Gasteiger partial charge in [0, 0.05) is 26.7 Å². The molecule has 60 heavy (non-hydrogen) atoms. The van der Waals surface area contributed by atoms with Gasteiger partial charge in [-0.15, -0.1) is 0 Å². The number of hydrogen-bond donors (Lipinski definition) is 2. The molecule has 3 heterocycles. The van der Waals surface area contributed by atoms with E-state index in [1.54, 1.807) is 6.92 Å². The average Bonchev–Trinajstić information content (AvgIpc) is 3.63. The van der Waals surface area contributed by atoms with Gasteiger partial charge >= 0.3 is 16.3 Å². The van der Waals surface area contributed by atoms with E-state index in [4.69, 9.17) is 14.2 Å². The first-order valence-corrected chi connectivity index (χ1v) is 22.9. The SMILES string of the molecule is CCN(C)S(=O)(=O)Nc1ccc(F)c(Oc2ccc3ncn([C@H]4COC5(CCC(S(=O)(=O)CC6(O)CCN(C(=O)OCc7ccccc7)CC6)CC5)C4)c(=O)c3c2)c1C#N. The van der Waals surface area contributed by atoms with Gasteiger partial charge in [-0.25, -0.2) is 22.6 Å². The average molecular weight is 867 g/mol. The first-order chi connectivity index (χ1) is 28.5. The fourth-order valence-corrected chi connectivity index (χ4v) is 11.3. The quantitative estimate of drug-likeness (QED) is 0.192. The van der Waals surface area contributed by atoms with E-state index in [1.165, 1.54) is 41.0 Å². The van der Waals surface area contributed by atoms with Gasteiger partial charge in [0.15, 0.2) is 21.4 Å². The third-order valence-electron chi connectivity index (χ3n) is 11.9. The van der Waals surface area contributed by atoms with Crippen molar-refractivity contribution in [3.8, 4) is 17.6 Å². The van der Waals surface area contributed by atoms with Gasteiger partial charge in [-0.3, -0.25) is 14.1 Å². The Balaban J connectivity index is 0.972. The second-order valence-corrected chi connectivity index (χ2v) is 19.8. The number of aromatic nitrogens is 2. The highest BCUT2D eigenvalue weighted by molar-refractivity contribution is 7.92. The highest BCUT2D eigenvalue weighted by atomic mass is 32.2. The summed E-state index contributed by atoms with van der Waals surface area (Å²) in [7, 11) is -6.41. The van der Waals surface area contributed by atoms with Gasteiger partial charge in [-0.2, -0.15) is 18.0 Å². The Labute approximate surface area is 347 Å². The molecule has 3 fully saturated rings. The zero-order valence-corrected chi connectivity index (χ0v) is 34.9. The lowest BCUT2D eigenvalue weighted by Gasteiger charge is -2.40. The highest BCUT2D eigenvalue weighted by Crippen LogP contribution is 2.45. The van der Waals surface area contributed by atoms with E-state index in [9.17, 15) is 36.8 Å². The van der Waals surface area contributed by atoms with Crippen molar-refractivity contribution in [2.45, 2.75) is 81.0 Å². The third kappa shape index (κ3) is 9.12. The molecule has 320 valence electrons. The standard InChI is InChI=1S/C41H47FN6O10S2/c1-3-46(2)60(54,55)45-36-12-10-34(42)37(33(36)23-43)58-30-9-11-35-32(21-30)38(49)48(27-44-35)29-22-41(57-25-29)15-13-31(14-16-41)59(52,53)26-40(51)17-19-47(20-18-40)39(50)56-24-28-7-5-4-6-8-28/h4-12,21,27,29,31,45,51H,3,13-20,22,24-26H2,1-2H3/t29-,31?,41?/m1/s1. The number of nitrogens with one attached hydrogen (secondary N) is 1. The number of halogens is 1. The fraction of sp³-hybridized carbons (Fsp3) is 0.463. The minimum atomic E-state index is -4.04. The number of piperidine rings is 1. The van der Waals surface area contributed by atoms with E-state index < -0.39 is 77.1 Å². The van der Waals surface area contributed by atoms with E-state index in [-0.39, 0.29) is 62.5 Å². The Morgan fingerprint density at radius 1 is 1.08 bits per heavy atom. The van der Waals surface area contributed by atoms with Gasteiger partial charge in [0.05, 0.1) is 57.8 Å². The predicted octanol–water partition coefficient (Wildman–Crippen LogP) is 5.03. The van der Waals surface area contributed by atoms with Gasteiger partial charge in [0.1, 0.15) is 24.0 Å². The lowest BCUT2D eigenvalue weighted by atomic mass is 9.82. The summed E-state index contributed by atoms with van der Waals surface area (Å²) in [6.45, 7) is 2.44. The number of nitriles is 1. The van der Waals surface area contributed by atoms with Crippen molar-refractivity contribution in [1.82, 2.24) is 18.8 Å². The number of carbonyl (C=O) groups is 1. The van der Waals surface area contributed by atoms with Gasteiger partial charge in [-0.1, -0.05) is 37.3 Å². The third-order valence-corrected chi connectivity index (χ3v) is 15.8. The summed E-state index contributed by atoms with van der Waals surface area (Å²) in [5.74, 6) is -1.84. The lowest BCUT2D eigenvalue weighted by molar-refractivity contribution is -0.0244. The number of hydrogen-bond acceptors (Lipinski definition) is 12. The Hall–Kier alpha value is -5.13. The first kappa shape index (κ1) is 43.0. The summed E-state index contributed by atoms with van der Waals surface area (Å²) in [6, 6.07) is 17.1. The number of nitrogens with zero attached hydrogens (tertiary/aromatic N) is 5. The van der Waals surface area contributed by atoms with Crippen molar-refractivity contribution in [2.24, 2.45) is 0 Å². The minimum absolute atomic E-state index is 0.00969. The van der Waals surface area contributed by atoms with Crippen LogP contribution < -0.4 is 15.0 Å². The van der Waals surface area contributed by atoms with Gasteiger partial charge < -0.3 is 24.2 Å². The number of aliphatic hydroxyl groups is 1. The molecule has 2 aliphatic heterocycles. The molecule has 1 atom stereocenters. The summed E-state index contributed by atoms with van der Waals surface area (Å²) in [6.07, 6.45) is 3.13. The topological polar surface area (TPSA) is 210 Å². The Morgan fingerprint density at radius 2 is 1.80 bits per heavy atom. The number of sulfone groups is 1. The maximum atomic E-state index is 15.1. The fourth-order valence-electron chi connectivity index (χ4n) is 8.17. The van der Waals surface area contributed by atoms with Crippen LogP contribution in [0.1, 0.15) is 69.0 Å². The van der Waals surface area contributed by atoms with E-state index in [1.807, 2.05) is 36.4 Å². The van der Waals surface area contributed by atoms with E-state index >= 15 is 4.39 Å². The number of carbonyl (C=O) groups excluding carboxylic acids is 1. The zero-order chi connectivity index (χ0) is 42.9. The minimum Gasteiger partial charge on any atom is -0.453 e. The molecule has 1 saturated carbocycles. The van der Waals surface area contributed by atoms with Crippen molar-refractivity contribution in [1.29, 1.82) is 5.26 Å². The number of benzene rings is 3. The normalized spacial score (nSPS) is 21.8. The van der Waals surface area contributed by atoms with Crippen LogP contribution in [0, 0.1) is 17.1 Å². The molecule has 3 aromatic carbocycles. The number of rotatable bonds is 12. The Morgan fingerprint density at radius 3 is 2.48 bits per heavy atom. The number of fused-ring (bicyclic) bond motifs is 1. The summed E-state index contributed by atoms with van der Waals surface area (Å²) in [4.78, 5) is 32.5. The number of anilines is 1. The number of amides is 1. The van der Waals surface area contributed by atoms with Gasteiger partial charge in [0.2, 0.25) is 0 Å². The molecule has 4 aromatic rings. The summed E-state index contributed by atoms with van der Waals surface area (Å²) >= 11 is 0. The van der Waals surface area contributed by atoms with E-state index in [0.29, 0.717) is 37.6 Å². The Bertz CT molecular complexity index is 2570. The number of likely N-dealkylation sites (tertiary alicyclic amines) is 1. The molecule has 1 amide bonds. The van der Waals surface area contributed by atoms with Crippen LogP contribution >= 0.6 is 0 Å². The van der Waals surface area contributed by atoms with Gasteiger partial charge in [-0.05, 0) is 80.8 Å². The molecule has 16 nitrogen and oxygen atoms in total. The van der Waals surface area contributed by atoms with Crippen LogP contribution in [0.25, 0.3) is 10.9 Å². The molecule has 0 bridgehead atoms. The van der Waals surface area contributed by atoms with Crippen molar-refractivity contribution in [3.63, 3.8) is 0 Å². The molecule has 1 aliphatic carbocycles. The molecule has 0 unspecified atom stereocenters. The van der Waals surface area contributed by atoms with Crippen molar-refractivity contribution in [3.05, 3.63) is 94.3 Å². The van der Waals surface area contributed by atoms with Crippen LogP contribution in [0.15, 0.2) is 71.8 Å². The summed E-state index contributed by atoms with van der Waals surface area (Å²) in [5, 5.41) is 20.7. The molecule has 2 N–H and O–H groups in total.